The van der Waals surface area contributed by atoms with E-state index < -0.39 is 0 Å². The molecule has 6 nitrogen and oxygen atoms in total. The molecule has 2 amide bonds. The summed E-state index contributed by atoms with van der Waals surface area (Å²) < 4.78 is 4.96. The van der Waals surface area contributed by atoms with Crippen LogP contribution in [0.2, 0.25) is 5.02 Å². The minimum Gasteiger partial charge on any atom is -0.383 e. The number of anilines is 1. The molecule has 1 aromatic heterocycles. The average Bonchev–Trinajstić information content (AvgIpc) is 3.00. The van der Waals surface area contributed by atoms with Gasteiger partial charge in [-0.3, -0.25) is 9.59 Å². The van der Waals surface area contributed by atoms with Gasteiger partial charge in [-0.15, -0.1) is 0 Å². The third kappa shape index (κ3) is 4.30. The fourth-order valence-corrected chi connectivity index (χ4v) is 2.87. The molecule has 0 saturated heterocycles. The number of rotatable bonds is 6. The van der Waals surface area contributed by atoms with Crippen molar-refractivity contribution in [3.05, 3.63) is 64.3 Å². The van der Waals surface area contributed by atoms with Gasteiger partial charge in [-0.25, -0.2) is 0 Å². The lowest BCUT2D eigenvalue weighted by Crippen LogP contribution is -2.28. The van der Waals surface area contributed by atoms with Crippen molar-refractivity contribution in [1.29, 1.82) is 0 Å². The van der Waals surface area contributed by atoms with Crippen LogP contribution in [0.25, 0.3) is 10.9 Å². The number of carbonyl (C=O) groups excluding carboxylic acids is 2. The number of ether oxygens (including phenoxy) is 1. The third-order valence-corrected chi connectivity index (χ3v) is 4.37. The van der Waals surface area contributed by atoms with Crippen LogP contribution < -0.4 is 10.6 Å². The molecular formula is C20H20ClN3O3. The number of carbonyl (C=O) groups is 2. The van der Waals surface area contributed by atoms with Crippen LogP contribution in [0.15, 0.2) is 42.5 Å². The Morgan fingerprint density at radius 1 is 1.11 bits per heavy atom. The van der Waals surface area contributed by atoms with Gasteiger partial charge in [0.05, 0.1) is 12.3 Å². The van der Waals surface area contributed by atoms with E-state index in [4.69, 9.17) is 16.3 Å². The molecule has 0 spiro atoms. The minimum atomic E-state index is -0.319. The van der Waals surface area contributed by atoms with Crippen molar-refractivity contribution >= 4 is 40.0 Å². The van der Waals surface area contributed by atoms with E-state index in [0.29, 0.717) is 35.1 Å². The van der Waals surface area contributed by atoms with Crippen LogP contribution in [-0.4, -0.2) is 37.1 Å². The Morgan fingerprint density at radius 2 is 1.85 bits per heavy atom. The van der Waals surface area contributed by atoms with E-state index in [1.807, 2.05) is 25.1 Å². The zero-order chi connectivity index (χ0) is 19.4. The molecule has 7 heteroatoms. The number of aromatic amines is 1. The smallest absolute Gasteiger partial charge is 0.269 e. The highest BCUT2D eigenvalue weighted by Gasteiger charge is 2.20. The summed E-state index contributed by atoms with van der Waals surface area (Å²) in [4.78, 5) is 28.4. The third-order valence-electron chi connectivity index (χ3n) is 4.12. The number of nitrogens with one attached hydrogen (secondary N) is 3. The molecule has 3 N–H and O–H groups in total. The molecule has 2 aromatic carbocycles. The van der Waals surface area contributed by atoms with E-state index in [-0.39, 0.29) is 11.8 Å². The number of aryl methyl sites for hydroxylation is 1. The van der Waals surface area contributed by atoms with Gasteiger partial charge in [-0.05, 0) is 43.3 Å². The zero-order valence-corrected chi connectivity index (χ0v) is 15.8. The Morgan fingerprint density at radius 3 is 2.56 bits per heavy atom. The molecule has 0 aliphatic heterocycles. The summed E-state index contributed by atoms with van der Waals surface area (Å²) in [6.07, 6.45) is 0. The highest BCUT2D eigenvalue weighted by molar-refractivity contribution is 6.30. The molecule has 27 heavy (non-hydrogen) atoms. The van der Waals surface area contributed by atoms with Gasteiger partial charge >= 0.3 is 0 Å². The maximum absolute atomic E-state index is 12.7. The highest BCUT2D eigenvalue weighted by atomic mass is 35.5. The Hall–Kier alpha value is -2.83. The monoisotopic (exact) mass is 385 g/mol. The first-order valence-electron chi connectivity index (χ1n) is 8.46. The van der Waals surface area contributed by atoms with Crippen molar-refractivity contribution < 1.29 is 14.3 Å². The lowest BCUT2D eigenvalue weighted by molar-refractivity contribution is 0.0934. The van der Waals surface area contributed by atoms with Gasteiger partial charge in [0.15, 0.2) is 0 Å². The normalized spacial score (nSPS) is 10.8. The summed E-state index contributed by atoms with van der Waals surface area (Å²) in [7, 11) is 1.57. The van der Waals surface area contributed by atoms with E-state index in [1.54, 1.807) is 31.4 Å². The molecule has 0 fully saturated rings. The van der Waals surface area contributed by atoms with Crippen molar-refractivity contribution in [2.75, 3.05) is 25.6 Å². The van der Waals surface area contributed by atoms with Gasteiger partial charge < -0.3 is 20.4 Å². The van der Waals surface area contributed by atoms with Crippen LogP contribution in [0.1, 0.15) is 26.4 Å². The number of hydrogen-bond acceptors (Lipinski definition) is 3. The fraction of sp³-hybridized carbons (Fsp3) is 0.200. The standard InChI is InChI=1S/C20H20ClN3O3/c1-12-3-8-16-15(11-12)17(18(23-16)20(26)22-9-10-27-2)24-19(25)13-4-6-14(21)7-5-13/h3-8,11,23H,9-10H2,1-2H3,(H,22,26)(H,24,25). The van der Waals surface area contributed by atoms with Crippen LogP contribution in [0.3, 0.4) is 0 Å². The lowest BCUT2D eigenvalue weighted by Gasteiger charge is -2.09. The molecule has 140 valence electrons. The quantitative estimate of drug-likeness (QED) is 0.565. The molecule has 3 rings (SSSR count). The maximum Gasteiger partial charge on any atom is 0.269 e. The van der Waals surface area contributed by atoms with Crippen LogP contribution >= 0.6 is 11.6 Å². The summed E-state index contributed by atoms with van der Waals surface area (Å²) in [6, 6.07) is 12.3. The van der Waals surface area contributed by atoms with E-state index >= 15 is 0 Å². The second kappa shape index (κ2) is 8.24. The predicted octanol–water partition coefficient (Wildman–Crippen LogP) is 3.76. The van der Waals surface area contributed by atoms with Crippen LogP contribution in [0.5, 0.6) is 0 Å². The molecule has 3 aromatic rings. The number of amides is 2. The van der Waals surface area contributed by atoms with Crippen molar-refractivity contribution in [3.63, 3.8) is 0 Å². The van der Waals surface area contributed by atoms with Crippen molar-refractivity contribution in [2.24, 2.45) is 0 Å². The fourth-order valence-electron chi connectivity index (χ4n) is 2.75. The molecule has 0 unspecified atom stereocenters. The highest BCUT2D eigenvalue weighted by Crippen LogP contribution is 2.29. The first kappa shape index (κ1) is 18.9. The van der Waals surface area contributed by atoms with Crippen LogP contribution in [-0.2, 0) is 4.74 Å². The molecule has 1 heterocycles. The molecule has 0 bridgehead atoms. The first-order valence-corrected chi connectivity index (χ1v) is 8.84. The number of fused-ring (bicyclic) bond motifs is 1. The van der Waals surface area contributed by atoms with Gasteiger partial charge in [0.2, 0.25) is 0 Å². The molecular weight excluding hydrogens is 366 g/mol. The van der Waals surface area contributed by atoms with E-state index in [2.05, 4.69) is 15.6 Å². The molecule has 0 atom stereocenters. The van der Waals surface area contributed by atoms with Crippen molar-refractivity contribution in [1.82, 2.24) is 10.3 Å². The van der Waals surface area contributed by atoms with E-state index in [0.717, 1.165) is 16.5 Å². The number of benzene rings is 2. The Balaban J connectivity index is 1.96. The topological polar surface area (TPSA) is 83.2 Å². The van der Waals surface area contributed by atoms with Crippen molar-refractivity contribution in [2.45, 2.75) is 6.92 Å². The number of hydrogen-bond donors (Lipinski definition) is 3. The van der Waals surface area contributed by atoms with Gasteiger partial charge in [-0.1, -0.05) is 23.2 Å². The summed E-state index contributed by atoms with van der Waals surface area (Å²) in [6.45, 7) is 2.72. The van der Waals surface area contributed by atoms with Crippen molar-refractivity contribution in [3.8, 4) is 0 Å². The SMILES string of the molecule is COCCNC(=O)c1[nH]c2ccc(C)cc2c1NC(=O)c1ccc(Cl)cc1. The van der Waals surface area contributed by atoms with E-state index in [9.17, 15) is 9.59 Å². The lowest BCUT2D eigenvalue weighted by atomic mass is 10.1. The van der Waals surface area contributed by atoms with Gasteiger partial charge in [0.25, 0.3) is 11.8 Å². The largest absolute Gasteiger partial charge is 0.383 e. The number of halogens is 1. The summed E-state index contributed by atoms with van der Waals surface area (Å²) in [5.41, 5.74) is 2.99. The zero-order valence-electron chi connectivity index (χ0n) is 15.1. The van der Waals surface area contributed by atoms with Crippen LogP contribution in [0, 0.1) is 6.92 Å². The van der Waals surface area contributed by atoms with Gasteiger partial charge in [0.1, 0.15) is 5.69 Å². The first-order chi connectivity index (χ1) is 13.0. The summed E-state index contributed by atoms with van der Waals surface area (Å²) >= 11 is 5.88. The van der Waals surface area contributed by atoms with Crippen LogP contribution in [0.4, 0.5) is 5.69 Å². The Kier molecular flexibility index (Phi) is 5.78. The maximum atomic E-state index is 12.7. The minimum absolute atomic E-state index is 0.300. The molecule has 0 radical (unpaired) electrons. The number of aromatic nitrogens is 1. The van der Waals surface area contributed by atoms with E-state index in [1.165, 1.54) is 0 Å². The average molecular weight is 386 g/mol. The molecule has 0 saturated carbocycles. The summed E-state index contributed by atoms with van der Waals surface area (Å²) in [5, 5.41) is 6.96. The Bertz CT molecular complexity index is 980. The summed E-state index contributed by atoms with van der Waals surface area (Å²) in [5.74, 6) is -0.632. The molecule has 0 aliphatic rings. The molecule has 0 aliphatic carbocycles. The number of methoxy groups -OCH3 is 1. The second-order valence-corrected chi connectivity index (χ2v) is 6.57. The number of H-pyrrole nitrogens is 1. The second-order valence-electron chi connectivity index (χ2n) is 6.13. The van der Waals surface area contributed by atoms with Gasteiger partial charge in [-0.2, -0.15) is 0 Å². The predicted molar refractivity (Wildman–Crippen MR) is 107 cm³/mol. The van der Waals surface area contributed by atoms with Gasteiger partial charge in [0, 0.05) is 35.1 Å². The Labute approximate surface area is 161 Å².